The van der Waals surface area contributed by atoms with Gasteiger partial charge in [-0.05, 0) is 67.2 Å². The van der Waals surface area contributed by atoms with Gasteiger partial charge in [-0.1, -0.05) is 31.5 Å². The van der Waals surface area contributed by atoms with Crippen LogP contribution in [-0.4, -0.2) is 13.2 Å². The summed E-state index contributed by atoms with van der Waals surface area (Å²) in [4.78, 5) is 0. The quantitative estimate of drug-likeness (QED) is 0.493. The molecule has 0 amide bonds. The summed E-state index contributed by atoms with van der Waals surface area (Å²) < 4.78 is 53.3. The van der Waals surface area contributed by atoms with E-state index in [-0.39, 0.29) is 17.7 Å². The minimum atomic E-state index is -0.889. The topological polar surface area (TPSA) is 21.8 Å². The first-order valence-corrected chi connectivity index (χ1v) is 10.6. The van der Waals surface area contributed by atoms with Gasteiger partial charge in [0.15, 0.2) is 11.6 Å². The van der Waals surface area contributed by atoms with Gasteiger partial charge in [-0.15, -0.1) is 0 Å². The third-order valence-electron chi connectivity index (χ3n) is 6.14. The molecule has 156 valence electrons. The molecule has 4 rings (SSSR count). The van der Waals surface area contributed by atoms with E-state index in [2.05, 4.69) is 0 Å². The van der Waals surface area contributed by atoms with Crippen LogP contribution in [0.2, 0.25) is 0 Å². The molecule has 29 heavy (non-hydrogen) atoms. The van der Waals surface area contributed by atoms with Gasteiger partial charge in [-0.2, -0.15) is 4.39 Å². The molecule has 1 saturated heterocycles. The molecule has 0 radical (unpaired) electrons. The van der Waals surface area contributed by atoms with Gasteiger partial charge in [0.25, 0.3) is 0 Å². The van der Waals surface area contributed by atoms with Crippen LogP contribution in [0.5, 0.6) is 5.75 Å². The van der Waals surface area contributed by atoms with Crippen LogP contribution in [0.25, 0.3) is 0 Å². The molecule has 1 aliphatic carbocycles. The van der Waals surface area contributed by atoms with Crippen molar-refractivity contribution in [2.24, 2.45) is 5.92 Å². The van der Waals surface area contributed by atoms with Gasteiger partial charge in [0.2, 0.25) is 5.82 Å². The Morgan fingerprint density at radius 3 is 2.41 bits per heavy atom. The van der Waals surface area contributed by atoms with Crippen LogP contribution >= 0.6 is 0 Å². The maximum Gasteiger partial charge on any atom is 0.200 e. The first-order chi connectivity index (χ1) is 14.1. The van der Waals surface area contributed by atoms with Crippen LogP contribution in [0.4, 0.5) is 13.2 Å². The van der Waals surface area contributed by atoms with Crippen molar-refractivity contribution < 1.29 is 22.6 Å². The Bertz CT molecular complexity index is 855. The van der Waals surface area contributed by atoms with E-state index in [1.165, 1.54) is 6.07 Å². The second kappa shape index (κ2) is 8.78. The molecule has 1 heterocycles. The Balaban J connectivity index is 1.30. The number of epoxide rings is 1. The molecule has 1 saturated carbocycles. The van der Waals surface area contributed by atoms with Crippen molar-refractivity contribution in [2.75, 3.05) is 13.2 Å². The second-order valence-corrected chi connectivity index (χ2v) is 8.23. The first-order valence-electron chi connectivity index (χ1n) is 10.6. The van der Waals surface area contributed by atoms with E-state index in [4.69, 9.17) is 9.47 Å². The van der Waals surface area contributed by atoms with Crippen molar-refractivity contribution in [2.45, 2.75) is 57.5 Å². The SMILES string of the molecule is CCCc1ccc(OCC2CCC(c3ccc(C4CO4)c(F)c3)CC2)c(F)c1F. The highest BCUT2D eigenvalue weighted by atomic mass is 19.2. The maximum absolute atomic E-state index is 14.3. The zero-order valence-electron chi connectivity index (χ0n) is 16.7. The van der Waals surface area contributed by atoms with E-state index in [0.717, 1.165) is 37.7 Å². The number of halogens is 3. The Kier molecular flexibility index (Phi) is 6.14. The number of hydrogen-bond donors (Lipinski definition) is 0. The van der Waals surface area contributed by atoms with Crippen LogP contribution in [0.1, 0.15) is 67.7 Å². The highest BCUT2D eigenvalue weighted by Crippen LogP contribution is 2.38. The van der Waals surface area contributed by atoms with Crippen molar-refractivity contribution in [1.82, 2.24) is 0 Å². The largest absolute Gasteiger partial charge is 0.490 e. The van der Waals surface area contributed by atoms with Gasteiger partial charge in [0.05, 0.1) is 13.2 Å². The van der Waals surface area contributed by atoms with Crippen LogP contribution in [0.3, 0.4) is 0 Å². The Morgan fingerprint density at radius 1 is 1.00 bits per heavy atom. The molecule has 2 aromatic rings. The fourth-order valence-electron chi connectivity index (χ4n) is 4.30. The Hall–Kier alpha value is -2.01. The van der Waals surface area contributed by atoms with Crippen molar-refractivity contribution in [3.05, 3.63) is 64.5 Å². The number of benzene rings is 2. The molecule has 0 N–H and O–H groups in total. The van der Waals surface area contributed by atoms with Crippen LogP contribution in [0, 0.1) is 23.4 Å². The zero-order chi connectivity index (χ0) is 20.4. The van der Waals surface area contributed by atoms with Gasteiger partial charge in [-0.25, -0.2) is 8.78 Å². The fourth-order valence-corrected chi connectivity index (χ4v) is 4.30. The number of ether oxygens (including phenoxy) is 2. The van der Waals surface area contributed by atoms with Crippen molar-refractivity contribution in [3.63, 3.8) is 0 Å². The van der Waals surface area contributed by atoms with E-state index in [1.807, 2.05) is 19.1 Å². The van der Waals surface area contributed by atoms with Gasteiger partial charge < -0.3 is 9.47 Å². The van der Waals surface area contributed by atoms with Gasteiger partial charge in [0, 0.05) is 5.56 Å². The highest BCUT2D eigenvalue weighted by Gasteiger charge is 2.29. The molecule has 0 spiro atoms. The smallest absolute Gasteiger partial charge is 0.200 e. The zero-order valence-corrected chi connectivity index (χ0v) is 16.7. The molecule has 5 heteroatoms. The molecular formula is C24H27F3O2. The maximum atomic E-state index is 14.3. The lowest BCUT2D eigenvalue weighted by Gasteiger charge is -2.29. The predicted molar refractivity (Wildman–Crippen MR) is 106 cm³/mol. The summed E-state index contributed by atoms with van der Waals surface area (Å²) in [7, 11) is 0. The molecule has 1 atom stereocenters. The Labute approximate surface area is 170 Å². The molecule has 1 unspecified atom stereocenters. The molecule has 0 aromatic heterocycles. The van der Waals surface area contributed by atoms with E-state index < -0.39 is 11.6 Å². The summed E-state index contributed by atoms with van der Waals surface area (Å²) in [6, 6.07) is 8.64. The highest BCUT2D eigenvalue weighted by molar-refractivity contribution is 5.32. The van der Waals surface area contributed by atoms with Crippen LogP contribution in [-0.2, 0) is 11.2 Å². The molecule has 2 fully saturated rings. The number of rotatable bonds is 7. The molecule has 1 aliphatic heterocycles. The molecular weight excluding hydrogens is 377 g/mol. The Morgan fingerprint density at radius 2 is 1.76 bits per heavy atom. The summed E-state index contributed by atoms with van der Waals surface area (Å²) in [6.07, 6.45) is 4.95. The molecule has 2 nitrogen and oxygen atoms in total. The average molecular weight is 404 g/mol. The van der Waals surface area contributed by atoms with Gasteiger partial charge >= 0.3 is 0 Å². The minimum absolute atomic E-state index is 0.00979. The van der Waals surface area contributed by atoms with Crippen molar-refractivity contribution in [1.29, 1.82) is 0 Å². The number of hydrogen-bond acceptors (Lipinski definition) is 2. The molecule has 2 aliphatic rings. The first kappa shape index (κ1) is 20.3. The fraction of sp³-hybridized carbons (Fsp3) is 0.500. The lowest BCUT2D eigenvalue weighted by molar-refractivity contribution is 0.192. The lowest BCUT2D eigenvalue weighted by atomic mass is 9.79. The second-order valence-electron chi connectivity index (χ2n) is 8.23. The summed E-state index contributed by atoms with van der Waals surface area (Å²) in [5.41, 5.74) is 2.07. The van der Waals surface area contributed by atoms with Crippen molar-refractivity contribution >= 4 is 0 Å². The monoisotopic (exact) mass is 404 g/mol. The summed E-state index contributed by atoms with van der Waals surface area (Å²) >= 11 is 0. The van der Waals surface area contributed by atoms with E-state index in [0.29, 0.717) is 42.6 Å². The third-order valence-corrected chi connectivity index (χ3v) is 6.14. The van der Waals surface area contributed by atoms with Crippen LogP contribution in [0.15, 0.2) is 30.3 Å². The van der Waals surface area contributed by atoms with Crippen molar-refractivity contribution in [3.8, 4) is 5.75 Å². The van der Waals surface area contributed by atoms with E-state index >= 15 is 0 Å². The molecule has 2 aromatic carbocycles. The van der Waals surface area contributed by atoms with E-state index in [1.54, 1.807) is 12.1 Å². The lowest BCUT2D eigenvalue weighted by Crippen LogP contribution is -2.20. The van der Waals surface area contributed by atoms with Crippen LogP contribution < -0.4 is 4.74 Å². The summed E-state index contributed by atoms with van der Waals surface area (Å²) in [6.45, 7) is 2.91. The standard InChI is InChI=1S/C24H27F3O2/c1-2-3-17-9-11-21(24(27)23(17)26)28-13-15-4-6-16(7-5-15)18-8-10-19(20(25)12-18)22-14-29-22/h8-12,15-16,22H,2-7,13-14H2,1H3. The summed E-state index contributed by atoms with van der Waals surface area (Å²) in [5.74, 6) is -1.25. The minimum Gasteiger partial charge on any atom is -0.490 e. The summed E-state index contributed by atoms with van der Waals surface area (Å²) in [5, 5.41) is 0. The van der Waals surface area contributed by atoms with Gasteiger partial charge in [-0.3, -0.25) is 0 Å². The average Bonchev–Trinajstić information content (AvgIpc) is 3.56. The number of aryl methyl sites for hydroxylation is 1. The van der Waals surface area contributed by atoms with E-state index in [9.17, 15) is 13.2 Å². The van der Waals surface area contributed by atoms with Gasteiger partial charge in [0.1, 0.15) is 11.9 Å². The third kappa shape index (κ3) is 4.61. The normalized spacial score (nSPS) is 23.8. The predicted octanol–water partition coefficient (Wildman–Crippen LogP) is 6.48. The molecule has 0 bridgehead atoms.